The zero-order chi connectivity index (χ0) is 47.3. The van der Waals surface area contributed by atoms with Gasteiger partial charge >= 0.3 is 0 Å². The number of aromatic nitrogens is 8. The Morgan fingerprint density at radius 2 is 1.22 bits per heavy atom. The molecule has 0 radical (unpaired) electrons. The molecular formula is C48H54F2N16O2. The van der Waals surface area contributed by atoms with E-state index in [1.54, 1.807) is 16.8 Å². The third-order valence-electron chi connectivity index (χ3n) is 13.0. The molecular weight excluding hydrogens is 871 g/mol. The van der Waals surface area contributed by atoms with Crippen molar-refractivity contribution in [2.45, 2.75) is 97.2 Å². The fourth-order valence-electron chi connectivity index (χ4n) is 10.1. The standard InChI is InChI=1S/C48H54F2N16O2/c1-22(2)55-40-38(48(68)58-28-9-10-28)44-59-31-11-8-27(12-33(31)65(44)46-42(40)54-17-36(62-46)64-20-25(5)57-26(6)21-64)15-52-39-37(47(67)51-7)43-60-32-13-29(49)30(50)14-34(32)66(43)45-41(39)53-16-35(61-45)63-18-23(3)56-24(4)19-63/h8,11-14,16-17,22-26,28,52,55-57H,9-10,15,18-21H2,1-7H3,(H,51,67)(H,58,68)/t23-,24+,25?,26?. The van der Waals surface area contributed by atoms with E-state index in [2.05, 4.69) is 69.4 Å². The predicted molar refractivity (Wildman–Crippen MR) is 260 cm³/mol. The number of imidazole rings is 2. The monoisotopic (exact) mass is 924 g/mol. The average molecular weight is 925 g/mol. The Hall–Kier alpha value is -7.06. The summed E-state index contributed by atoms with van der Waals surface area (Å²) < 4.78 is 33.3. The number of fused-ring (bicyclic) bond motifs is 10. The minimum absolute atomic E-state index is 0.0325. The molecule has 20 heteroatoms. The van der Waals surface area contributed by atoms with Crippen molar-refractivity contribution in [3.05, 3.63) is 71.1 Å². The molecule has 1 saturated carbocycles. The molecule has 68 heavy (non-hydrogen) atoms. The van der Waals surface area contributed by atoms with Crippen LogP contribution in [0, 0.1) is 11.6 Å². The molecule has 4 atom stereocenters. The fourth-order valence-corrected chi connectivity index (χ4v) is 10.1. The highest BCUT2D eigenvalue weighted by Gasteiger charge is 2.32. The Balaban J connectivity index is 1.09. The van der Waals surface area contributed by atoms with Crippen LogP contribution in [0.25, 0.3) is 55.7 Å². The molecule has 2 aromatic carbocycles. The van der Waals surface area contributed by atoms with Gasteiger partial charge in [-0.15, -0.1) is 0 Å². The van der Waals surface area contributed by atoms with Crippen molar-refractivity contribution in [3.8, 4) is 0 Å². The Kier molecular flexibility index (Phi) is 10.6. The minimum Gasteiger partial charge on any atom is -0.380 e. The first-order valence-electron chi connectivity index (χ1n) is 23.4. The number of hydrogen-bond donors (Lipinski definition) is 6. The Labute approximate surface area is 389 Å². The van der Waals surface area contributed by atoms with Crippen molar-refractivity contribution in [2.24, 2.45) is 0 Å². The molecule has 6 aromatic heterocycles. The Morgan fingerprint density at radius 3 is 1.78 bits per heavy atom. The summed E-state index contributed by atoms with van der Waals surface area (Å²) in [6, 6.07) is 8.84. The highest BCUT2D eigenvalue weighted by molar-refractivity contribution is 6.14. The van der Waals surface area contributed by atoms with Crippen LogP contribution < -0.4 is 41.7 Å². The lowest BCUT2D eigenvalue weighted by molar-refractivity contribution is 0.0948. The third-order valence-corrected chi connectivity index (χ3v) is 13.0. The first kappa shape index (κ1) is 43.5. The summed E-state index contributed by atoms with van der Waals surface area (Å²) in [7, 11) is 1.51. The molecule has 8 heterocycles. The molecule has 2 aliphatic heterocycles. The molecule has 18 nitrogen and oxygen atoms in total. The van der Waals surface area contributed by atoms with Gasteiger partial charge in [-0.3, -0.25) is 18.4 Å². The zero-order valence-corrected chi connectivity index (χ0v) is 39.0. The number of benzene rings is 2. The first-order chi connectivity index (χ1) is 32.7. The second-order valence-corrected chi connectivity index (χ2v) is 19.1. The molecule has 3 aliphatic rings. The van der Waals surface area contributed by atoms with E-state index in [0.717, 1.165) is 49.4 Å². The summed E-state index contributed by atoms with van der Waals surface area (Å²) in [6.45, 7) is 15.6. The van der Waals surface area contributed by atoms with E-state index in [9.17, 15) is 14.0 Å². The fraction of sp³-hybridized carbons (Fsp3) is 0.417. The average Bonchev–Trinajstić information content (AvgIpc) is 3.93. The van der Waals surface area contributed by atoms with Crippen LogP contribution in [0.15, 0.2) is 42.7 Å². The second kappa shape index (κ2) is 16.6. The van der Waals surface area contributed by atoms with Gasteiger partial charge in [0.2, 0.25) is 0 Å². The number of halogens is 2. The first-order valence-corrected chi connectivity index (χ1v) is 23.4. The molecule has 8 aromatic rings. The smallest absolute Gasteiger partial charge is 0.257 e. The summed E-state index contributed by atoms with van der Waals surface area (Å²) in [5.41, 5.74) is 6.31. The third kappa shape index (κ3) is 7.54. The van der Waals surface area contributed by atoms with Crippen LogP contribution in [0.4, 0.5) is 31.8 Å². The van der Waals surface area contributed by atoms with Gasteiger partial charge in [0.25, 0.3) is 11.8 Å². The largest absolute Gasteiger partial charge is 0.380 e. The summed E-state index contributed by atoms with van der Waals surface area (Å²) in [4.78, 5) is 63.1. The minimum atomic E-state index is -1.06. The van der Waals surface area contributed by atoms with Crippen molar-refractivity contribution >= 4 is 90.5 Å². The van der Waals surface area contributed by atoms with Gasteiger partial charge in [0.15, 0.2) is 34.2 Å². The molecule has 0 bridgehead atoms. The highest BCUT2D eigenvalue weighted by atomic mass is 19.2. The number of hydrogen-bond acceptors (Lipinski definition) is 14. The summed E-state index contributed by atoms with van der Waals surface area (Å²) in [5.74, 6) is -1.53. The van der Waals surface area contributed by atoms with E-state index in [0.29, 0.717) is 74.9 Å². The van der Waals surface area contributed by atoms with Gasteiger partial charge in [-0.1, -0.05) is 6.07 Å². The second-order valence-electron chi connectivity index (χ2n) is 19.1. The van der Waals surface area contributed by atoms with Crippen LogP contribution in [-0.4, -0.2) is 120 Å². The van der Waals surface area contributed by atoms with Crippen molar-refractivity contribution in [1.82, 2.24) is 60.0 Å². The molecule has 0 spiro atoms. The van der Waals surface area contributed by atoms with Crippen molar-refractivity contribution in [3.63, 3.8) is 0 Å². The van der Waals surface area contributed by atoms with Gasteiger partial charge in [-0.05, 0) is 72.1 Å². The molecule has 352 valence electrons. The predicted octanol–water partition coefficient (Wildman–Crippen LogP) is 5.51. The van der Waals surface area contributed by atoms with E-state index in [4.69, 9.17) is 29.9 Å². The van der Waals surface area contributed by atoms with Gasteiger partial charge in [0.05, 0.1) is 45.8 Å². The highest BCUT2D eigenvalue weighted by Crippen LogP contribution is 2.37. The number of carbonyl (C=O) groups excluding carboxylic acids is 2. The zero-order valence-electron chi connectivity index (χ0n) is 39.0. The topological polar surface area (TPSA) is 199 Å². The molecule has 1 aliphatic carbocycles. The molecule has 2 saturated heterocycles. The van der Waals surface area contributed by atoms with Crippen molar-refractivity contribution < 1.29 is 18.4 Å². The molecule has 3 fully saturated rings. The van der Waals surface area contributed by atoms with E-state index in [1.807, 2.05) is 36.4 Å². The van der Waals surface area contributed by atoms with Gasteiger partial charge in [-0.2, -0.15) is 0 Å². The lowest BCUT2D eigenvalue weighted by Gasteiger charge is -2.36. The number of anilines is 4. The van der Waals surface area contributed by atoms with Crippen LogP contribution in [0.2, 0.25) is 0 Å². The van der Waals surface area contributed by atoms with Crippen LogP contribution in [0.5, 0.6) is 0 Å². The van der Waals surface area contributed by atoms with Crippen LogP contribution in [0.1, 0.15) is 80.7 Å². The normalized spacial score (nSPS) is 20.1. The van der Waals surface area contributed by atoms with Crippen LogP contribution in [-0.2, 0) is 6.54 Å². The lowest BCUT2D eigenvalue weighted by atomic mass is 10.1. The molecule has 6 N–H and O–H groups in total. The number of nitrogens with one attached hydrogen (secondary N) is 6. The van der Waals surface area contributed by atoms with E-state index in [-0.39, 0.29) is 70.9 Å². The number of amides is 2. The quantitative estimate of drug-likeness (QED) is 0.100. The number of piperazine rings is 2. The maximum absolute atomic E-state index is 15.0. The van der Waals surface area contributed by atoms with Gasteiger partial charge < -0.3 is 41.7 Å². The van der Waals surface area contributed by atoms with E-state index in [1.165, 1.54) is 7.05 Å². The number of nitrogens with zero attached hydrogens (tertiary/aromatic N) is 10. The lowest BCUT2D eigenvalue weighted by Crippen LogP contribution is -2.54. The maximum atomic E-state index is 15.0. The van der Waals surface area contributed by atoms with E-state index >= 15 is 4.39 Å². The van der Waals surface area contributed by atoms with Crippen LogP contribution >= 0.6 is 0 Å². The number of rotatable bonds is 10. The van der Waals surface area contributed by atoms with Crippen molar-refractivity contribution in [1.29, 1.82) is 0 Å². The van der Waals surface area contributed by atoms with Gasteiger partial charge in [0, 0.05) is 88.2 Å². The molecule has 2 amide bonds. The van der Waals surface area contributed by atoms with E-state index < -0.39 is 17.5 Å². The van der Waals surface area contributed by atoms with Gasteiger partial charge in [0.1, 0.15) is 33.8 Å². The number of carbonyl (C=O) groups is 2. The Bertz CT molecular complexity index is 3350. The van der Waals surface area contributed by atoms with Gasteiger partial charge in [-0.25, -0.2) is 38.7 Å². The molecule has 11 rings (SSSR count). The summed E-state index contributed by atoms with van der Waals surface area (Å²) >= 11 is 0. The summed E-state index contributed by atoms with van der Waals surface area (Å²) in [6.07, 6.45) is 5.31. The number of pyridine rings is 2. The summed E-state index contributed by atoms with van der Waals surface area (Å²) in [5, 5.41) is 20.1. The SMILES string of the molecule is CNC(=O)c1c(NCc2ccc3nc4c(C(=O)NC5CC5)c(NC(C)C)c5ncc(N6CC(C)NC(C)C6)nc5n4c3c2)c2ncc(N3C[C@@H](C)N[C@@H](C)C3)nc2n2c1nc1cc(F)c(F)cc12. The van der Waals surface area contributed by atoms with Crippen LogP contribution in [0.3, 0.4) is 0 Å². The Morgan fingerprint density at radius 1 is 0.691 bits per heavy atom. The van der Waals surface area contributed by atoms with Crippen molar-refractivity contribution in [2.75, 3.05) is 53.7 Å². The maximum Gasteiger partial charge on any atom is 0.257 e. The molecule has 2 unspecified atom stereocenters.